The Labute approximate surface area is 124 Å². The van der Waals surface area contributed by atoms with Gasteiger partial charge < -0.3 is 9.67 Å². The summed E-state index contributed by atoms with van der Waals surface area (Å²) < 4.78 is 2.25. The summed E-state index contributed by atoms with van der Waals surface area (Å²) in [4.78, 5) is 16.1. The molecule has 0 saturated heterocycles. The summed E-state index contributed by atoms with van der Waals surface area (Å²) in [5, 5.41) is 9.37. The minimum absolute atomic E-state index is 0.278. The number of carboxylic acid groups (broad SMARTS) is 1. The zero-order valence-corrected chi connectivity index (χ0v) is 12.8. The third kappa shape index (κ3) is 2.55. The first-order valence-corrected chi connectivity index (χ1v) is 7.73. The van der Waals surface area contributed by atoms with Gasteiger partial charge in [-0.25, -0.2) is 9.78 Å². The minimum Gasteiger partial charge on any atom is -0.478 e. The topological polar surface area (TPSA) is 55.1 Å². The Balaban J connectivity index is 2.17. The fourth-order valence-electron chi connectivity index (χ4n) is 3.12. The zero-order chi connectivity index (χ0) is 15.1. The molecule has 21 heavy (non-hydrogen) atoms. The van der Waals surface area contributed by atoms with E-state index >= 15 is 0 Å². The average molecular weight is 286 g/mol. The molecule has 1 aromatic carbocycles. The third-order valence-electron chi connectivity index (χ3n) is 4.31. The van der Waals surface area contributed by atoms with Crippen LogP contribution in [0.15, 0.2) is 18.2 Å². The number of aromatic carboxylic acids is 1. The van der Waals surface area contributed by atoms with Gasteiger partial charge in [0.15, 0.2) is 0 Å². The molecule has 1 fully saturated rings. The summed E-state index contributed by atoms with van der Waals surface area (Å²) in [7, 11) is 0. The van der Waals surface area contributed by atoms with Crippen LogP contribution in [0.25, 0.3) is 11.0 Å². The van der Waals surface area contributed by atoms with E-state index in [4.69, 9.17) is 0 Å². The highest BCUT2D eigenvalue weighted by Gasteiger charge is 2.27. The second-order valence-electron chi connectivity index (χ2n) is 6.50. The lowest BCUT2D eigenvalue weighted by Gasteiger charge is -2.19. The maximum absolute atomic E-state index is 11.4. The van der Waals surface area contributed by atoms with E-state index in [9.17, 15) is 9.90 Å². The first-order valence-electron chi connectivity index (χ1n) is 7.73. The van der Waals surface area contributed by atoms with Crippen LogP contribution >= 0.6 is 0 Å². The number of fused-ring (bicyclic) bond motifs is 1. The summed E-state index contributed by atoms with van der Waals surface area (Å²) in [6, 6.07) is 5.81. The van der Waals surface area contributed by atoms with Crippen molar-refractivity contribution >= 4 is 17.0 Å². The third-order valence-corrected chi connectivity index (χ3v) is 4.31. The van der Waals surface area contributed by atoms with Crippen molar-refractivity contribution < 1.29 is 9.90 Å². The van der Waals surface area contributed by atoms with Gasteiger partial charge in [-0.05, 0) is 31.4 Å². The van der Waals surface area contributed by atoms with Gasteiger partial charge in [-0.3, -0.25) is 0 Å². The molecular weight excluding hydrogens is 264 g/mol. The number of nitrogens with zero attached hydrogens (tertiary/aromatic N) is 2. The predicted molar refractivity (Wildman–Crippen MR) is 82.8 cm³/mol. The van der Waals surface area contributed by atoms with E-state index in [0.29, 0.717) is 17.1 Å². The maximum atomic E-state index is 11.4. The van der Waals surface area contributed by atoms with Crippen LogP contribution in [0.1, 0.15) is 68.2 Å². The van der Waals surface area contributed by atoms with Crippen LogP contribution in [0.5, 0.6) is 0 Å². The number of carbonyl (C=O) groups is 1. The van der Waals surface area contributed by atoms with Gasteiger partial charge in [-0.1, -0.05) is 32.8 Å². The molecule has 0 amide bonds. The van der Waals surface area contributed by atoms with Crippen LogP contribution in [0, 0.1) is 5.92 Å². The largest absolute Gasteiger partial charge is 0.478 e. The van der Waals surface area contributed by atoms with Crippen molar-refractivity contribution in [1.82, 2.24) is 9.55 Å². The fourth-order valence-corrected chi connectivity index (χ4v) is 3.12. The Morgan fingerprint density at radius 1 is 1.38 bits per heavy atom. The van der Waals surface area contributed by atoms with Crippen LogP contribution in [-0.2, 0) is 0 Å². The Hall–Kier alpha value is -1.84. The lowest BCUT2D eigenvalue weighted by atomic mass is 10.1. The summed E-state index contributed by atoms with van der Waals surface area (Å²) in [5.41, 5.74) is 1.87. The van der Waals surface area contributed by atoms with Gasteiger partial charge >= 0.3 is 5.97 Å². The van der Waals surface area contributed by atoms with E-state index in [2.05, 4.69) is 30.3 Å². The highest BCUT2D eigenvalue weighted by molar-refractivity contribution is 6.01. The van der Waals surface area contributed by atoms with Gasteiger partial charge in [0, 0.05) is 12.0 Å². The molecule has 1 unspecified atom stereocenters. The first-order chi connectivity index (χ1) is 9.99. The van der Waals surface area contributed by atoms with Crippen LogP contribution < -0.4 is 0 Å². The Kier molecular flexibility index (Phi) is 3.47. The molecule has 0 aliphatic heterocycles. The van der Waals surface area contributed by atoms with Crippen molar-refractivity contribution in [3.05, 3.63) is 29.6 Å². The molecule has 0 spiro atoms. The van der Waals surface area contributed by atoms with Gasteiger partial charge in [-0.2, -0.15) is 0 Å². The molecular formula is C17H22N2O2. The molecule has 4 heteroatoms. The van der Waals surface area contributed by atoms with Crippen LogP contribution in [-0.4, -0.2) is 20.6 Å². The second kappa shape index (κ2) is 5.17. The highest BCUT2D eigenvalue weighted by Crippen LogP contribution is 2.39. The average Bonchev–Trinajstić information content (AvgIpc) is 3.14. The van der Waals surface area contributed by atoms with Crippen molar-refractivity contribution in [3.8, 4) is 0 Å². The van der Waals surface area contributed by atoms with Crippen molar-refractivity contribution in [2.24, 2.45) is 5.92 Å². The molecule has 1 atom stereocenters. The number of benzene rings is 1. The molecule has 2 aromatic rings. The number of imidazole rings is 1. The van der Waals surface area contributed by atoms with Crippen LogP contribution in [0.3, 0.4) is 0 Å². The normalized spacial score (nSPS) is 16.6. The molecule has 0 bridgehead atoms. The molecule has 1 aromatic heterocycles. The number of hydrogen-bond donors (Lipinski definition) is 1. The van der Waals surface area contributed by atoms with E-state index in [1.165, 1.54) is 12.8 Å². The molecule has 1 aliphatic carbocycles. The van der Waals surface area contributed by atoms with Gasteiger partial charge in [-0.15, -0.1) is 0 Å². The van der Waals surface area contributed by atoms with Crippen LogP contribution in [0.4, 0.5) is 0 Å². The quantitative estimate of drug-likeness (QED) is 0.895. The van der Waals surface area contributed by atoms with Crippen molar-refractivity contribution in [2.45, 2.75) is 52.0 Å². The number of hydrogen-bond acceptors (Lipinski definition) is 2. The van der Waals surface area contributed by atoms with Crippen molar-refractivity contribution in [3.63, 3.8) is 0 Å². The number of carboxylic acids is 1. The Morgan fingerprint density at radius 2 is 2.10 bits per heavy atom. The monoisotopic (exact) mass is 286 g/mol. The van der Waals surface area contributed by atoms with Crippen molar-refractivity contribution in [2.75, 3.05) is 0 Å². The van der Waals surface area contributed by atoms with Gasteiger partial charge in [0.1, 0.15) is 11.3 Å². The lowest BCUT2D eigenvalue weighted by Crippen LogP contribution is -2.11. The van der Waals surface area contributed by atoms with Crippen LogP contribution in [0.2, 0.25) is 0 Å². The molecule has 3 rings (SSSR count). The summed E-state index contributed by atoms with van der Waals surface area (Å²) in [6.07, 6.45) is 3.81. The summed E-state index contributed by atoms with van der Waals surface area (Å²) >= 11 is 0. The predicted octanol–water partition coefficient (Wildman–Crippen LogP) is 4.22. The van der Waals surface area contributed by atoms with E-state index in [1.54, 1.807) is 6.07 Å². The summed E-state index contributed by atoms with van der Waals surface area (Å²) in [6.45, 7) is 6.45. The molecule has 1 aliphatic rings. The molecule has 4 nitrogen and oxygen atoms in total. The second-order valence-corrected chi connectivity index (χ2v) is 6.50. The van der Waals surface area contributed by atoms with E-state index < -0.39 is 5.97 Å². The summed E-state index contributed by atoms with van der Waals surface area (Å²) in [5.74, 6) is 1.20. The van der Waals surface area contributed by atoms with Gasteiger partial charge in [0.25, 0.3) is 0 Å². The molecule has 1 saturated carbocycles. The fraction of sp³-hybridized carbons (Fsp3) is 0.529. The SMILES string of the molecule is CC(C)c1nc2c(C(=O)O)cccc2n1C(C)CC1CC1. The standard InChI is InChI=1S/C17H22N2O2/c1-10(2)16-18-15-13(17(20)21)5-4-6-14(15)19(16)11(3)9-12-7-8-12/h4-6,10-12H,7-9H2,1-3H3,(H,20,21). The van der Waals surface area contributed by atoms with Gasteiger partial charge in [0.2, 0.25) is 0 Å². The Morgan fingerprint density at radius 3 is 2.67 bits per heavy atom. The number of rotatable bonds is 5. The number of aromatic nitrogens is 2. The van der Waals surface area contributed by atoms with E-state index in [-0.39, 0.29) is 5.92 Å². The smallest absolute Gasteiger partial charge is 0.337 e. The number of para-hydroxylation sites is 1. The maximum Gasteiger partial charge on any atom is 0.337 e. The molecule has 1 N–H and O–H groups in total. The van der Waals surface area contributed by atoms with E-state index in [1.807, 2.05) is 12.1 Å². The van der Waals surface area contributed by atoms with Crippen molar-refractivity contribution in [1.29, 1.82) is 0 Å². The highest BCUT2D eigenvalue weighted by atomic mass is 16.4. The zero-order valence-electron chi connectivity index (χ0n) is 12.8. The van der Waals surface area contributed by atoms with E-state index in [0.717, 1.165) is 23.7 Å². The molecule has 112 valence electrons. The Bertz CT molecular complexity index is 683. The first kappa shape index (κ1) is 14.1. The minimum atomic E-state index is -0.907. The van der Waals surface area contributed by atoms with Gasteiger partial charge in [0.05, 0.1) is 11.1 Å². The molecule has 0 radical (unpaired) electrons. The lowest BCUT2D eigenvalue weighted by molar-refractivity contribution is 0.0699. The molecule has 1 heterocycles.